The number of hydrogen-bond acceptors (Lipinski definition) is 4. The lowest BCUT2D eigenvalue weighted by Gasteiger charge is -2.17. The SMILES string of the molecule is COC(=O)c1cc(C(=O)N2CC3CCCC3C2)ccn1. The number of ether oxygens (including phenoxy) is 1. The minimum Gasteiger partial charge on any atom is -0.464 e. The lowest BCUT2D eigenvalue weighted by molar-refractivity contribution is 0.0594. The summed E-state index contributed by atoms with van der Waals surface area (Å²) < 4.78 is 4.63. The van der Waals surface area contributed by atoms with E-state index in [0.29, 0.717) is 17.4 Å². The Morgan fingerprint density at radius 3 is 2.65 bits per heavy atom. The van der Waals surface area contributed by atoms with Crippen molar-refractivity contribution in [3.8, 4) is 0 Å². The van der Waals surface area contributed by atoms with Crippen molar-refractivity contribution in [2.24, 2.45) is 11.8 Å². The molecule has 2 aliphatic rings. The Morgan fingerprint density at radius 1 is 1.30 bits per heavy atom. The molecule has 0 bridgehead atoms. The van der Waals surface area contributed by atoms with Crippen LogP contribution in [0.5, 0.6) is 0 Å². The molecule has 1 aromatic rings. The van der Waals surface area contributed by atoms with E-state index < -0.39 is 5.97 Å². The number of fused-ring (bicyclic) bond motifs is 1. The highest BCUT2D eigenvalue weighted by atomic mass is 16.5. The van der Waals surface area contributed by atoms with E-state index in [0.717, 1.165) is 13.1 Å². The van der Waals surface area contributed by atoms with E-state index in [1.54, 1.807) is 6.07 Å². The molecule has 1 saturated heterocycles. The number of amides is 1. The summed E-state index contributed by atoms with van der Waals surface area (Å²) in [4.78, 5) is 29.8. The number of carbonyl (C=O) groups excluding carboxylic acids is 2. The molecule has 0 spiro atoms. The first-order chi connectivity index (χ1) is 9.69. The highest BCUT2D eigenvalue weighted by molar-refractivity contribution is 5.97. The monoisotopic (exact) mass is 274 g/mol. The van der Waals surface area contributed by atoms with Crippen LogP contribution in [0.4, 0.5) is 0 Å². The molecule has 2 heterocycles. The topological polar surface area (TPSA) is 59.5 Å². The highest BCUT2D eigenvalue weighted by Gasteiger charge is 2.38. The lowest BCUT2D eigenvalue weighted by atomic mass is 10.0. The van der Waals surface area contributed by atoms with Gasteiger partial charge in [-0.3, -0.25) is 4.79 Å². The van der Waals surface area contributed by atoms with E-state index in [9.17, 15) is 9.59 Å². The van der Waals surface area contributed by atoms with Gasteiger partial charge in [-0.15, -0.1) is 0 Å². The van der Waals surface area contributed by atoms with Gasteiger partial charge in [0.1, 0.15) is 5.69 Å². The first-order valence-electron chi connectivity index (χ1n) is 7.02. The van der Waals surface area contributed by atoms with Crippen LogP contribution in [0, 0.1) is 11.8 Å². The predicted octanol–water partition coefficient (Wildman–Crippen LogP) is 1.74. The Morgan fingerprint density at radius 2 is 2.00 bits per heavy atom. The van der Waals surface area contributed by atoms with E-state index >= 15 is 0 Å². The van der Waals surface area contributed by atoms with Gasteiger partial charge >= 0.3 is 5.97 Å². The number of carbonyl (C=O) groups is 2. The Labute approximate surface area is 117 Å². The number of esters is 1. The van der Waals surface area contributed by atoms with E-state index in [-0.39, 0.29) is 11.6 Å². The molecule has 5 heteroatoms. The van der Waals surface area contributed by atoms with Crippen LogP contribution < -0.4 is 0 Å². The Hall–Kier alpha value is -1.91. The summed E-state index contributed by atoms with van der Waals surface area (Å²) in [7, 11) is 1.31. The summed E-state index contributed by atoms with van der Waals surface area (Å²) in [5, 5.41) is 0. The molecule has 2 fully saturated rings. The molecule has 0 N–H and O–H groups in total. The van der Waals surface area contributed by atoms with E-state index in [1.807, 2.05) is 4.90 Å². The summed E-state index contributed by atoms with van der Waals surface area (Å²) in [6, 6.07) is 3.17. The molecule has 1 aromatic heterocycles. The number of nitrogens with zero attached hydrogens (tertiary/aromatic N) is 2. The first-order valence-corrected chi connectivity index (χ1v) is 7.02. The molecule has 1 amide bonds. The fraction of sp³-hybridized carbons (Fsp3) is 0.533. The van der Waals surface area contributed by atoms with Crippen molar-refractivity contribution in [1.82, 2.24) is 9.88 Å². The van der Waals surface area contributed by atoms with Gasteiger partial charge in [0.2, 0.25) is 0 Å². The maximum Gasteiger partial charge on any atom is 0.356 e. The number of methoxy groups -OCH3 is 1. The van der Waals surface area contributed by atoms with Crippen molar-refractivity contribution in [3.63, 3.8) is 0 Å². The zero-order valence-electron chi connectivity index (χ0n) is 11.5. The average molecular weight is 274 g/mol. The third-order valence-corrected chi connectivity index (χ3v) is 4.41. The third-order valence-electron chi connectivity index (χ3n) is 4.41. The molecule has 2 unspecified atom stereocenters. The molecule has 5 nitrogen and oxygen atoms in total. The number of hydrogen-bond donors (Lipinski definition) is 0. The minimum atomic E-state index is -0.516. The van der Waals surface area contributed by atoms with Crippen LogP contribution in [0.15, 0.2) is 18.3 Å². The Kier molecular flexibility index (Phi) is 3.42. The van der Waals surface area contributed by atoms with Gasteiger partial charge in [0.25, 0.3) is 5.91 Å². The second-order valence-electron chi connectivity index (χ2n) is 5.58. The fourth-order valence-electron chi connectivity index (χ4n) is 3.36. The van der Waals surface area contributed by atoms with Crippen LogP contribution in [0.1, 0.15) is 40.1 Å². The van der Waals surface area contributed by atoms with Crippen molar-refractivity contribution in [1.29, 1.82) is 0 Å². The van der Waals surface area contributed by atoms with Crippen LogP contribution in [-0.2, 0) is 4.74 Å². The smallest absolute Gasteiger partial charge is 0.356 e. The summed E-state index contributed by atoms with van der Waals surface area (Å²) in [6.45, 7) is 1.69. The Balaban J connectivity index is 1.76. The van der Waals surface area contributed by atoms with Gasteiger partial charge in [0, 0.05) is 24.8 Å². The zero-order chi connectivity index (χ0) is 14.1. The Bertz CT molecular complexity index is 532. The van der Waals surface area contributed by atoms with Gasteiger partial charge in [-0.05, 0) is 36.8 Å². The minimum absolute atomic E-state index is 0.00745. The molecule has 0 aromatic carbocycles. The second kappa shape index (κ2) is 5.23. The second-order valence-corrected chi connectivity index (χ2v) is 5.58. The average Bonchev–Trinajstić information content (AvgIpc) is 3.07. The van der Waals surface area contributed by atoms with Crippen LogP contribution in [0.2, 0.25) is 0 Å². The van der Waals surface area contributed by atoms with Gasteiger partial charge < -0.3 is 9.64 Å². The van der Waals surface area contributed by atoms with Gasteiger partial charge in [-0.2, -0.15) is 0 Å². The van der Waals surface area contributed by atoms with Crippen LogP contribution in [0.25, 0.3) is 0 Å². The number of rotatable bonds is 2. The van der Waals surface area contributed by atoms with Gasteiger partial charge in [-0.25, -0.2) is 9.78 Å². The van der Waals surface area contributed by atoms with Crippen LogP contribution >= 0.6 is 0 Å². The molecule has 106 valence electrons. The quantitative estimate of drug-likeness (QED) is 0.771. The summed E-state index contributed by atoms with van der Waals surface area (Å²) in [5.74, 6) is 0.812. The molecule has 3 rings (SSSR count). The van der Waals surface area contributed by atoms with E-state index in [4.69, 9.17) is 0 Å². The van der Waals surface area contributed by atoms with E-state index in [1.165, 1.54) is 38.6 Å². The van der Waals surface area contributed by atoms with E-state index in [2.05, 4.69) is 9.72 Å². The van der Waals surface area contributed by atoms with Gasteiger partial charge in [0.05, 0.1) is 7.11 Å². The van der Waals surface area contributed by atoms with Crippen LogP contribution in [0.3, 0.4) is 0 Å². The standard InChI is InChI=1S/C15H18N2O3/c1-20-15(19)13-7-10(5-6-16-13)14(18)17-8-11-3-2-4-12(11)9-17/h5-7,11-12H,2-4,8-9H2,1H3. The summed E-state index contributed by atoms with van der Waals surface area (Å²) in [5.41, 5.74) is 0.693. The molecule has 1 aliphatic heterocycles. The molecule has 0 radical (unpaired) electrons. The largest absolute Gasteiger partial charge is 0.464 e. The van der Waals surface area contributed by atoms with Crippen molar-refractivity contribution in [2.75, 3.05) is 20.2 Å². The van der Waals surface area contributed by atoms with Crippen molar-refractivity contribution in [2.45, 2.75) is 19.3 Å². The first kappa shape index (κ1) is 13.1. The number of aromatic nitrogens is 1. The number of pyridine rings is 1. The molecular weight excluding hydrogens is 256 g/mol. The fourth-order valence-corrected chi connectivity index (χ4v) is 3.36. The highest BCUT2D eigenvalue weighted by Crippen LogP contribution is 2.38. The van der Waals surface area contributed by atoms with Crippen molar-refractivity contribution < 1.29 is 14.3 Å². The molecule has 20 heavy (non-hydrogen) atoms. The van der Waals surface area contributed by atoms with Crippen molar-refractivity contribution in [3.05, 3.63) is 29.6 Å². The molecule has 1 saturated carbocycles. The van der Waals surface area contributed by atoms with Crippen molar-refractivity contribution >= 4 is 11.9 Å². The maximum absolute atomic E-state index is 12.5. The molecule has 2 atom stereocenters. The van der Waals surface area contributed by atoms with Gasteiger partial charge in [0.15, 0.2) is 0 Å². The lowest BCUT2D eigenvalue weighted by Crippen LogP contribution is -2.29. The summed E-state index contributed by atoms with van der Waals surface area (Å²) >= 11 is 0. The normalized spacial score (nSPS) is 24.6. The number of likely N-dealkylation sites (tertiary alicyclic amines) is 1. The zero-order valence-corrected chi connectivity index (χ0v) is 11.5. The third kappa shape index (κ3) is 2.28. The van der Waals surface area contributed by atoms with Crippen LogP contribution in [-0.4, -0.2) is 42.0 Å². The van der Waals surface area contributed by atoms with Gasteiger partial charge in [-0.1, -0.05) is 6.42 Å². The maximum atomic E-state index is 12.5. The molecule has 1 aliphatic carbocycles. The molecular formula is C15H18N2O3. The summed E-state index contributed by atoms with van der Waals surface area (Å²) in [6.07, 6.45) is 5.24. The predicted molar refractivity (Wildman–Crippen MR) is 72.3 cm³/mol.